The highest BCUT2D eigenvalue weighted by atomic mass is 16.5. The van der Waals surface area contributed by atoms with Crippen LogP contribution in [0.1, 0.15) is 43.4 Å². The van der Waals surface area contributed by atoms with Gasteiger partial charge in [0.05, 0.1) is 6.10 Å². The molecule has 0 aliphatic heterocycles. The van der Waals surface area contributed by atoms with Crippen LogP contribution in [0.2, 0.25) is 0 Å². The van der Waals surface area contributed by atoms with E-state index in [0.29, 0.717) is 6.61 Å². The van der Waals surface area contributed by atoms with Crippen LogP contribution < -0.4 is 4.74 Å². The molecule has 1 aromatic heterocycles. The Morgan fingerprint density at radius 1 is 1.08 bits per heavy atom. The lowest BCUT2D eigenvalue weighted by molar-refractivity contribution is 0.164. The minimum absolute atomic E-state index is 0.399. The van der Waals surface area contributed by atoms with Crippen LogP contribution in [0, 0.1) is 0 Å². The topological polar surface area (TPSA) is 42.4 Å². The summed E-state index contributed by atoms with van der Waals surface area (Å²) in [5.74, 6) is 0.782. The number of unbranched alkanes of at least 4 members (excludes halogenated alkanes) is 1. The number of fused-ring (bicyclic) bond motifs is 1. The van der Waals surface area contributed by atoms with Gasteiger partial charge in [0.1, 0.15) is 17.9 Å². The summed E-state index contributed by atoms with van der Waals surface area (Å²) in [7, 11) is 0. The van der Waals surface area contributed by atoms with E-state index in [1.807, 2.05) is 54.6 Å². The standard InChI is InChI=1S/C21H23NO2/c1-2-3-11-19(23)18-9-4-7-16(14-18)15-24-20-12-5-8-17-10-6-13-22-21(17)20/h4-10,12-14,19,23H,2-3,11,15H2,1H3. The van der Waals surface area contributed by atoms with E-state index in [-0.39, 0.29) is 0 Å². The molecule has 0 bridgehead atoms. The highest BCUT2D eigenvalue weighted by Gasteiger charge is 2.08. The van der Waals surface area contributed by atoms with Crippen molar-refractivity contribution < 1.29 is 9.84 Å². The third-order valence-electron chi connectivity index (χ3n) is 4.16. The second-order valence-electron chi connectivity index (χ2n) is 6.02. The average molecular weight is 321 g/mol. The Labute approximate surface area is 142 Å². The molecule has 3 rings (SSSR count). The molecule has 0 spiro atoms. The fourth-order valence-corrected chi connectivity index (χ4v) is 2.81. The van der Waals surface area contributed by atoms with Gasteiger partial charge in [0.2, 0.25) is 0 Å². The Kier molecular flexibility index (Phi) is 5.44. The quantitative estimate of drug-likeness (QED) is 0.663. The van der Waals surface area contributed by atoms with E-state index in [1.54, 1.807) is 6.20 Å². The van der Waals surface area contributed by atoms with Crippen molar-refractivity contribution in [2.75, 3.05) is 0 Å². The van der Waals surface area contributed by atoms with E-state index in [9.17, 15) is 5.11 Å². The van der Waals surface area contributed by atoms with E-state index in [2.05, 4.69) is 11.9 Å². The molecule has 0 aliphatic carbocycles. The number of aromatic nitrogens is 1. The van der Waals surface area contributed by atoms with Crippen molar-refractivity contribution in [3.63, 3.8) is 0 Å². The molecule has 0 radical (unpaired) electrons. The zero-order valence-electron chi connectivity index (χ0n) is 14.0. The van der Waals surface area contributed by atoms with E-state index < -0.39 is 6.10 Å². The largest absolute Gasteiger partial charge is 0.487 e. The molecule has 0 saturated carbocycles. The number of para-hydroxylation sites is 1. The van der Waals surface area contributed by atoms with E-state index in [4.69, 9.17) is 4.74 Å². The molecular formula is C21H23NO2. The number of hydrogen-bond donors (Lipinski definition) is 1. The van der Waals surface area contributed by atoms with Crippen LogP contribution in [0.15, 0.2) is 60.8 Å². The molecule has 1 N–H and O–H groups in total. The van der Waals surface area contributed by atoms with Gasteiger partial charge in [-0.2, -0.15) is 0 Å². The Morgan fingerprint density at radius 3 is 2.79 bits per heavy atom. The Hall–Kier alpha value is -2.39. The Balaban J connectivity index is 1.72. The van der Waals surface area contributed by atoms with Crippen LogP contribution in [0.3, 0.4) is 0 Å². The summed E-state index contributed by atoms with van der Waals surface area (Å²) in [6.07, 6.45) is 4.30. The van der Waals surface area contributed by atoms with Crippen molar-refractivity contribution in [3.8, 4) is 5.75 Å². The van der Waals surface area contributed by atoms with Crippen LogP contribution in [-0.4, -0.2) is 10.1 Å². The van der Waals surface area contributed by atoms with E-state index >= 15 is 0 Å². The molecule has 3 heteroatoms. The summed E-state index contributed by atoms with van der Waals surface area (Å²) in [4.78, 5) is 4.41. The second kappa shape index (κ2) is 7.93. The number of nitrogens with zero attached hydrogens (tertiary/aromatic N) is 1. The number of hydrogen-bond acceptors (Lipinski definition) is 3. The van der Waals surface area contributed by atoms with Crippen LogP contribution in [0.4, 0.5) is 0 Å². The number of aliphatic hydroxyl groups is 1. The number of aliphatic hydroxyl groups excluding tert-OH is 1. The molecule has 0 aliphatic rings. The van der Waals surface area contributed by atoms with E-state index in [1.165, 1.54) is 0 Å². The van der Waals surface area contributed by atoms with E-state index in [0.717, 1.165) is 47.0 Å². The molecule has 0 amide bonds. The molecule has 2 aromatic carbocycles. The maximum absolute atomic E-state index is 10.3. The maximum atomic E-state index is 10.3. The highest BCUT2D eigenvalue weighted by molar-refractivity contribution is 5.84. The van der Waals surface area contributed by atoms with Crippen molar-refractivity contribution in [1.82, 2.24) is 4.98 Å². The fourth-order valence-electron chi connectivity index (χ4n) is 2.81. The molecule has 3 nitrogen and oxygen atoms in total. The SMILES string of the molecule is CCCCC(O)c1cccc(COc2cccc3cccnc23)c1. The predicted octanol–water partition coefficient (Wildman–Crippen LogP) is 5.04. The number of ether oxygens (including phenoxy) is 1. The number of pyridine rings is 1. The van der Waals surface area contributed by atoms with Gasteiger partial charge in [0.15, 0.2) is 0 Å². The van der Waals surface area contributed by atoms with Gasteiger partial charge < -0.3 is 9.84 Å². The molecule has 1 heterocycles. The van der Waals surface area contributed by atoms with Crippen molar-refractivity contribution in [2.24, 2.45) is 0 Å². The average Bonchev–Trinajstić information content (AvgIpc) is 2.64. The van der Waals surface area contributed by atoms with Gasteiger partial charge in [-0.15, -0.1) is 0 Å². The second-order valence-corrected chi connectivity index (χ2v) is 6.02. The van der Waals surface area contributed by atoms with Crippen LogP contribution in [-0.2, 0) is 6.61 Å². The van der Waals surface area contributed by atoms with Gasteiger partial charge in [0, 0.05) is 11.6 Å². The first-order chi connectivity index (χ1) is 11.8. The van der Waals surface area contributed by atoms with Gasteiger partial charge in [0.25, 0.3) is 0 Å². The van der Waals surface area contributed by atoms with Gasteiger partial charge in [-0.3, -0.25) is 4.98 Å². The summed E-state index contributed by atoms with van der Waals surface area (Å²) >= 11 is 0. The Bertz CT molecular complexity index is 795. The minimum Gasteiger partial charge on any atom is -0.487 e. The molecule has 124 valence electrons. The molecule has 3 aromatic rings. The third-order valence-corrected chi connectivity index (χ3v) is 4.16. The summed E-state index contributed by atoms with van der Waals surface area (Å²) in [6.45, 7) is 2.60. The fraction of sp³-hybridized carbons (Fsp3) is 0.286. The molecule has 0 saturated heterocycles. The first kappa shape index (κ1) is 16.5. The van der Waals surface area contributed by atoms with Crippen LogP contribution in [0.5, 0.6) is 5.75 Å². The zero-order valence-corrected chi connectivity index (χ0v) is 14.0. The first-order valence-electron chi connectivity index (χ1n) is 8.51. The summed E-state index contributed by atoms with van der Waals surface area (Å²) < 4.78 is 5.98. The van der Waals surface area contributed by atoms with Gasteiger partial charge in [-0.05, 0) is 35.7 Å². The molecule has 24 heavy (non-hydrogen) atoms. The monoisotopic (exact) mass is 321 g/mol. The number of benzene rings is 2. The highest BCUT2D eigenvalue weighted by Crippen LogP contribution is 2.25. The van der Waals surface area contributed by atoms with Gasteiger partial charge in [-0.1, -0.05) is 56.2 Å². The molecule has 0 fully saturated rings. The lowest BCUT2D eigenvalue weighted by Crippen LogP contribution is -2.01. The molecular weight excluding hydrogens is 298 g/mol. The zero-order chi connectivity index (χ0) is 16.8. The Morgan fingerprint density at radius 2 is 1.92 bits per heavy atom. The minimum atomic E-state index is -0.399. The molecule has 1 atom stereocenters. The van der Waals surface area contributed by atoms with Crippen molar-refractivity contribution >= 4 is 10.9 Å². The van der Waals surface area contributed by atoms with Gasteiger partial charge in [-0.25, -0.2) is 0 Å². The van der Waals surface area contributed by atoms with Crippen molar-refractivity contribution in [3.05, 3.63) is 71.9 Å². The summed E-state index contributed by atoms with van der Waals surface area (Å²) in [6, 6.07) is 17.9. The van der Waals surface area contributed by atoms with Gasteiger partial charge >= 0.3 is 0 Å². The van der Waals surface area contributed by atoms with Crippen LogP contribution >= 0.6 is 0 Å². The lowest BCUT2D eigenvalue weighted by atomic mass is 10.0. The lowest BCUT2D eigenvalue weighted by Gasteiger charge is -2.13. The van der Waals surface area contributed by atoms with Crippen molar-refractivity contribution in [1.29, 1.82) is 0 Å². The predicted molar refractivity (Wildman–Crippen MR) is 97.0 cm³/mol. The maximum Gasteiger partial charge on any atom is 0.146 e. The third kappa shape index (κ3) is 3.92. The van der Waals surface area contributed by atoms with Crippen molar-refractivity contribution in [2.45, 2.75) is 38.9 Å². The first-order valence-corrected chi connectivity index (χ1v) is 8.51. The number of rotatable bonds is 7. The molecule has 1 unspecified atom stereocenters. The summed E-state index contributed by atoms with van der Waals surface area (Å²) in [5, 5.41) is 11.3. The smallest absolute Gasteiger partial charge is 0.146 e. The van der Waals surface area contributed by atoms with Crippen LogP contribution in [0.25, 0.3) is 10.9 Å². The summed E-state index contributed by atoms with van der Waals surface area (Å²) in [5.41, 5.74) is 2.88. The normalized spacial score (nSPS) is 12.2.